The summed E-state index contributed by atoms with van der Waals surface area (Å²) < 4.78 is 7.94. The van der Waals surface area contributed by atoms with Crippen LogP contribution in [-0.4, -0.2) is 50.3 Å². The lowest BCUT2D eigenvalue weighted by atomic mass is 9.80. The van der Waals surface area contributed by atoms with Crippen LogP contribution in [0.15, 0.2) is 60.9 Å². The van der Waals surface area contributed by atoms with E-state index >= 15 is 0 Å². The number of nitrogens with zero attached hydrogens (tertiary/aromatic N) is 6. The fourth-order valence-electron chi connectivity index (χ4n) is 4.98. The van der Waals surface area contributed by atoms with E-state index in [0.29, 0.717) is 33.7 Å². The van der Waals surface area contributed by atoms with Crippen molar-refractivity contribution in [3.05, 3.63) is 65.9 Å². The number of halogens is 1. The molecule has 0 amide bonds. The molecule has 182 valence electrons. The first-order valence-electron chi connectivity index (χ1n) is 11.9. The highest BCUT2D eigenvalue weighted by Crippen LogP contribution is 2.43. The van der Waals surface area contributed by atoms with E-state index in [-0.39, 0.29) is 6.04 Å². The second-order valence-electron chi connectivity index (χ2n) is 9.59. The maximum Gasteiger partial charge on any atom is 0.219 e. The topological polar surface area (TPSA) is 95.0 Å². The van der Waals surface area contributed by atoms with Crippen molar-refractivity contribution in [3.63, 3.8) is 0 Å². The largest absolute Gasteiger partial charge is 0.439 e. The van der Waals surface area contributed by atoms with Gasteiger partial charge in [0.25, 0.3) is 0 Å². The van der Waals surface area contributed by atoms with Crippen LogP contribution >= 0.6 is 11.6 Å². The molecule has 5 aromatic rings. The van der Waals surface area contributed by atoms with Gasteiger partial charge in [-0.1, -0.05) is 29.8 Å². The maximum atomic E-state index is 6.78. The zero-order valence-electron chi connectivity index (χ0n) is 20.1. The molecule has 1 aliphatic carbocycles. The van der Waals surface area contributed by atoms with Crippen LogP contribution in [0.25, 0.3) is 33.2 Å². The van der Waals surface area contributed by atoms with Gasteiger partial charge in [-0.05, 0) is 63.2 Å². The number of nitrogen functional groups attached to an aromatic ring is 1. The van der Waals surface area contributed by atoms with Gasteiger partial charge < -0.3 is 15.4 Å². The van der Waals surface area contributed by atoms with E-state index in [1.807, 2.05) is 59.3 Å². The Kier molecular flexibility index (Phi) is 5.70. The summed E-state index contributed by atoms with van der Waals surface area (Å²) in [4.78, 5) is 15.7. The van der Waals surface area contributed by atoms with Gasteiger partial charge in [0, 0.05) is 23.6 Å². The third-order valence-corrected chi connectivity index (χ3v) is 6.98. The van der Waals surface area contributed by atoms with Crippen LogP contribution in [0.5, 0.6) is 11.6 Å². The predicted molar refractivity (Wildman–Crippen MR) is 142 cm³/mol. The summed E-state index contributed by atoms with van der Waals surface area (Å²) in [6.45, 7) is 1.06. The Morgan fingerprint density at radius 2 is 1.89 bits per heavy atom. The Morgan fingerprint density at radius 3 is 2.67 bits per heavy atom. The van der Waals surface area contributed by atoms with Crippen LogP contribution in [0.4, 0.5) is 5.82 Å². The maximum absolute atomic E-state index is 6.78. The lowest BCUT2D eigenvalue weighted by molar-refractivity contribution is 0.149. The predicted octanol–water partition coefficient (Wildman–Crippen LogP) is 5.58. The molecule has 0 saturated heterocycles. The molecule has 1 fully saturated rings. The molecule has 0 atom stereocenters. The SMILES string of the molecule is CN(C)CC1CC(n2nc(-c3cc4nc(Oc5ccccc5)ccc4cc3Cl)c3c(N)ncnc32)C1. The fraction of sp³-hybridized carbons (Fsp3) is 0.259. The molecule has 1 saturated carbocycles. The summed E-state index contributed by atoms with van der Waals surface area (Å²) in [5, 5.41) is 7.18. The fourth-order valence-corrected chi connectivity index (χ4v) is 5.24. The van der Waals surface area contributed by atoms with Gasteiger partial charge in [0.1, 0.15) is 23.6 Å². The molecular weight excluding hydrogens is 474 g/mol. The van der Waals surface area contributed by atoms with Crippen molar-refractivity contribution in [2.75, 3.05) is 26.4 Å². The van der Waals surface area contributed by atoms with Gasteiger partial charge in [0.2, 0.25) is 5.88 Å². The summed E-state index contributed by atoms with van der Waals surface area (Å²) in [6, 6.07) is 17.5. The minimum Gasteiger partial charge on any atom is -0.439 e. The summed E-state index contributed by atoms with van der Waals surface area (Å²) in [5.74, 6) is 2.25. The number of fused-ring (bicyclic) bond motifs is 2. The second kappa shape index (κ2) is 9.04. The number of hydrogen-bond acceptors (Lipinski definition) is 7. The highest BCUT2D eigenvalue weighted by Gasteiger charge is 2.34. The van der Waals surface area contributed by atoms with Gasteiger partial charge in [-0.25, -0.2) is 19.6 Å². The van der Waals surface area contributed by atoms with Crippen LogP contribution < -0.4 is 10.5 Å². The summed E-state index contributed by atoms with van der Waals surface area (Å²) >= 11 is 6.78. The van der Waals surface area contributed by atoms with Crippen molar-refractivity contribution in [2.24, 2.45) is 5.92 Å². The van der Waals surface area contributed by atoms with E-state index in [1.54, 1.807) is 0 Å². The number of aromatic nitrogens is 5. The molecule has 0 unspecified atom stereocenters. The normalized spacial score (nSPS) is 17.6. The quantitative estimate of drug-likeness (QED) is 0.325. The summed E-state index contributed by atoms with van der Waals surface area (Å²) in [5.41, 5.74) is 9.23. The minimum absolute atomic E-state index is 0.267. The molecule has 0 spiro atoms. The molecule has 1 aliphatic rings. The number of benzene rings is 2. The van der Waals surface area contributed by atoms with Crippen LogP contribution in [-0.2, 0) is 0 Å². The molecule has 2 aromatic carbocycles. The molecule has 0 radical (unpaired) electrons. The molecule has 3 heterocycles. The number of para-hydroxylation sites is 1. The molecule has 2 N–H and O–H groups in total. The first-order valence-corrected chi connectivity index (χ1v) is 12.3. The van der Waals surface area contributed by atoms with Gasteiger partial charge in [0.05, 0.1) is 22.0 Å². The summed E-state index contributed by atoms with van der Waals surface area (Å²) in [7, 11) is 4.21. The van der Waals surface area contributed by atoms with Gasteiger partial charge in [-0.2, -0.15) is 5.10 Å². The smallest absolute Gasteiger partial charge is 0.219 e. The highest BCUT2D eigenvalue weighted by atomic mass is 35.5. The summed E-state index contributed by atoms with van der Waals surface area (Å²) in [6.07, 6.45) is 3.59. The van der Waals surface area contributed by atoms with Crippen molar-refractivity contribution >= 4 is 39.4 Å². The van der Waals surface area contributed by atoms with E-state index in [0.717, 1.165) is 47.2 Å². The van der Waals surface area contributed by atoms with Crippen molar-refractivity contribution in [1.29, 1.82) is 0 Å². The molecule has 36 heavy (non-hydrogen) atoms. The van der Waals surface area contributed by atoms with Crippen molar-refractivity contribution < 1.29 is 4.74 Å². The van der Waals surface area contributed by atoms with Crippen LogP contribution in [0.3, 0.4) is 0 Å². The van der Waals surface area contributed by atoms with E-state index < -0.39 is 0 Å². The molecule has 6 rings (SSSR count). The molecule has 0 aliphatic heterocycles. The van der Waals surface area contributed by atoms with Gasteiger partial charge in [-0.15, -0.1) is 0 Å². The standard InChI is InChI=1S/C27H26ClN7O/c1-34(2)14-16-10-18(11-16)35-27-24(26(29)30-15-31-27)25(33-35)20-13-22-17(12-21(20)28)8-9-23(32-22)36-19-6-4-3-5-7-19/h3-9,12-13,15-16,18H,10-11,14H2,1-2H3,(H2,29,30,31). The monoisotopic (exact) mass is 499 g/mol. The molecule has 3 aromatic heterocycles. The zero-order chi connectivity index (χ0) is 24.8. The average molecular weight is 500 g/mol. The molecule has 9 heteroatoms. The Morgan fingerprint density at radius 1 is 1.08 bits per heavy atom. The minimum atomic E-state index is 0.267. The number of rotatable bonds is 6. The lowest BCUT2D eigenvalue weighted by Gasteiger charge is -2.37. The molecule has 8 nitrogen and oxygen atoms in total. The van der Waals surface area contributed by atoms with Crippen molar-refractivity contribution in [2.45, 2.75) is 18.9 Å². The van der Waals surface area contributed by atoms with Crippen LogP contribution in [0.2, 0.25) is 5.02 Å². The van der Waals surface area contributed by atoms with Crippen LogP contribution in [0.1, 0.15) is 18.9 Å². The number of pyridine rings is 1. The Hall–Kier alpha value is -3.75. The van der Waals surface area contributed by atoms with E-state index in [2.05, 4.69) is 29.0 Å². The first kappa shape index (κ1) is 22.7. The second-order valence-corrected chi connectivity index (χ2v) is 10.0. The Balaban J connectivity index is 1.41. The highest BCUT2D eigenvalue weighted by molar-refractivity contribution is 6.34. The van der Waals surface area contributed by atoms with E-state index in [9.17, 15) is 0 Å². The number of hydrogen-bond donors (Lipinski definition) is 1. The molecule has 0 bridgehead atoms. The number of anilines is 1. The third-order valence-electron chi connectivity index (χ3n) is 6.67. The Bertz CT molecular complexity index is 1560. The van der Waals surface area contributed by atoms with Crippen molar-refractivity contribution in [3.8, 4) is 22.9 Å². The molecular formula is C27H26ClN7O. The van der Waals surface area contributed by atoms with Gasteiger partial charge >= 0.3 is 0 Å². The Labute approximate surface area is 213 Å². The number of ether oxygens (including phenoxy) is 1. The van der Waals surface area contributed by atoms with E-state index in [4.69, 9.17) is 32.2 Å². The average Bonchev–Trinajstić information content (AvgIpc) is 3.21. The van der Waals surface area contributed by atoms with Crippen molar-refractivity contribution in [1.82, 2.24) is 29.6 Å². The van der Waals surface area contributed by atoms with Gasteiger partial charge in [-0.3, -0.25) is 0 Å². The number of nitrogens with two attached hydrogens (primary N) is 1. The third kappa shape index (κ3) is 4.12. The van der Waals surface area contributed by atoms with Gasteiger partial charge in [0.15, 0.2) is 5.65 Å². The first-order chi connectivity index (χ1) is 17.5. The van der Waals surface area contributed by atoms with E-state index in [1.165, 1.54) is 6.33 Å². The lowest BCUT2D eigenvalue weighted by Crippen LogP contribution is -2.34. The van der Waals surface area contributed by atoms with Crippen LogP contribution in [0, 0.1) is 5.92 Å². The zero-order valence-corrected chi connectivity index (χ0v) is 20.9.